The highest BCUT2D eigenvalue weighted by Gasteiger charge is 2.23. The van der Waals surface area contributed by atoms with Crippen molar-refractivity contribution in [3.63, 3.8) is 0 Å². The summed E-state index contributed by atoms with van der Waals surface area (Å²) in [6.07, 6.45) is 2.47. The van der Waals surface area contributed by atoms with Gasteiger partial charge in [-0.2, -0.15) is 0 Å². The lowest BCUT2D eigenvalue weighted by atomic mass is 10.1. The zero-order chi connectivity index (χ0) is 20.5. The topological polar surface area (TPSA) is 85.8 Å². The van der Waals surface area contributed by atoms with E-state index in [0.717, 1.165) is 19.6 Å². The van der Waals surface area contributed by atoms with Gasteiger partial charge in [-0.05, 0) is 42.9 Å². The Balaban J connectivity index is 0.00000320. The molecule has 0 aliphatic carbocycles. The second kappa shape index (κ2) is 12.6. The summed E-state index contributed by atoms with van der Waals surface area (Å²) in [5.41, 5.74) is 1.29. The molecule has 1 aliphatic heterocycles. The van der Waals surface area contributed by atoms with Crippen LogP contribution >= 0.6 is 35.3 Å². The van der Waals surface area contributed by atoms with E-state index in [0.29, 0.717) is 16.7 Å². The van der Waals surface area contributed by atoms with Gasteiger partial charge >= 0.3 is 0 Å². The van der Waals surface area contributed by atoms with Gasteiger partial charge in [0, 0.05) is 26.7 Å². The number of rotatable bonds is 9. The van der Waals surface area contributed by atoms with Crippen molar-refractivity contribution < 1.29 is 8.42 Å². The third-order valence-corrected chi connectivity index (χ3v) is 7.78. The number of guanidine groups is 1. The van der Waals surface area contributed by atoms with Crippen LogP contribution in [0.1, 0.15) is 24.4 Å². The number of benzene rings is 1. The summed E-state index contributed by atoms with van der Waals surface area (Å²) in [4.78, 5) is 6.77. The highest BCUT2D eigenvalue weighted by Crippen LogP contribution is 2.24. The summed E-state index contributed by atoms with van der Waals surface area (Å²) < 4.78 is 27.2. The van der Waals surface area contributed by atoms with Gasteiger partial charge in [0.2, 0.25) is 10.0 Å². The summed E-state index contributed by atoms with van der Waals surface area (Å²) in [6.45, 7) is 3.69. The summed E-state index contributed by atoms with van der Waals surface area (Å²) in [6, 6.07) is 14.1. The number of halogens is 1. The second-order valence-electron chi connectivity index (χ2n) is 6.88. The van der Waals surface area contributed by atoms with E-state index in [4.69, 9.17) is 0 Å². The Bertz CT molecular complexity index is 870. The molecule has 0 bridgehead atoms. The van der Waals surface area contributed by atoms with Crippen molar-refractivity contribution in [2.45, 2.75) is 23.1 Å². The van der Waals surface area contributed by atoms with E-state index in [1.54, 1.807) is 24.6 Å². The minimum atomic E-state index is -3.43. The summed E-state index contributed by atoms with van der Waals surface area (Å²) in [5, 5.41) is 8.33. The maximum absolute atomic E-state index is 12.1. The van der Waals surface area contributed by atoms with E-state index in [9.17, 15) is 8.42 Å². The number of sulfonamides is 1. The Morgan fingerprint density at radius 1 is 1.10 bits per heavy atom. The normalized spacial score (nSPS) is 16.1. The van der Waals surface area contributed by atoms with Crippen LogP contribution in [0.25, 0.3) is 0 Å². The summed E-state index contributed by atoms with van der Waals surface area (Å²) in [7, 11) is -1.71. The third kappa shape index (κ3) is 7.19. The summed E-state index contributed by atoms with van der Waals surface area (Å²) in [5.74, 6) is 0.667. The molecule has 0 saturated carbocycles. The van der Waals surface area contributed by atoms with E-state index in [-0.39, 0.29) is 36.6 Å². The number of likely N-dealkylation sites (tertiary alicyclic amines) is 1. The van der Waals surface area contributed by atoms with Gasteiger partial charge in [0.15, 0.2) is 5.96 Å². The lowest BCUT2D eigenvalue weighted by Crippen LogP contribution is -2.44. The Morgan fingerprint density at radius 3 is 2.47 bits per heavy atom. The van der Waals surface area contributed by atoms with Gasteiger partial charge in [0.25, 0.3) is 0 Å². The molecule has 1 unspecified atom stereocenters. The average Bonchev–Trinajstić information content (AvgIpc) is 3.45. The van der Waals surface area contributed by atoms with Gasteiger partial charge in [-0.1, -0.05) is 36.4 Å². The van der Waals surface area contributed by atoms with Crippen molar-refractivity contribution in [1.29, 1.82) is 0 Å². The number of aliphatic imine (C=N–C) groups is 1. The van der Waals surface area contributed by atoms with Crippen molar-refractivity contribution in [3.05, 3.63) is 53.4 Å². The first-order valence-electron chi connectivity index (χ1n) is 9.87. The molecular formula is C20H30IN5O2S2. The monoisotopic (exact) mass is 563 g/mol. The van der Waals surface area contributed by atoms with Crippen LogP contribution in [0, 0.1) is 0 Å². The van der Waals surface area contributed by atoms with E-state index in [1.807, 2.05) is 6.07 Å². The quantitative estimate of drug-likeness (QED) is 0.189. The van der Waals surface area contributed by atoms with E-state index >= 15 is 0 Å². The van der Waals surface area contributed by atoms with Gasteiger partial charge in [-0.25, -0.2) is 13.1 Å². The summed E-state index contributed by atoms with van der Waals surface area (Å²) >= 11 is 1.21. The number of hydrogen-bond donors (Lipinski definition) is 3. The van der Waals surface area contributed by atoms with Crippen LogP contribution in [-0.4, -0.2) is 59.0 Å². The van der Waals surface area contributed by atoms with Crippen LogP contribution in [0.2, 0.25) is 0 Å². The van der Waals surface area contributed by atoms with Crippen LogP contribution in [0.15, 0.2) is 57.0 Å². The van der Waals surface area contributed by atoms with Gasteiger partial charge in [-0.15, -0.1) is 35.3 Å². The Kier molecular flexibility index (Phi) is 10.5. The Morgan fingerprint density at radius 2 is 1.83 bits per heavy atom. The molecule has 3 rings (SSSR count). The van der Waals surface area contributed by atoms with Crippen molar-refractivity contribution in [2.75, 3.05) is 39.8 Å². The molecule has 3 N–H and O–H groups in total. The van der Waals surface area contributed by atoms with Crippen LogP contribution in [-0.2, 0) is 10.0 Å². The first kappa shape index (κ1) is 25.1. The molecule has 7 nitrogen and oxygen atoms in total. The molecule has 2 heterocycles. The predicted molar refractivity (Wildman–Crippen MR) is 134 cm³/mol. The third-order valence-electron chi connectivity index (χ3n) is 4.92. The van der Waals surface area contributed by atoms with Gasteiger partial charge in [-0.3, -0.25) is 9.89 Å². The van der Waals surface area contributed by atoms with Gasteiger partial charge < -0.3 is 10.6 Å². The maximum atomic E-state index is 12.1. The first-order valence-corrected chi connectivity index (χ1v) is 12.2. The molecule has 0 radical (unpaired) electrons. The van der Waals surface area contributed by atoms with E-state index < -0.39 is 10.0 Å². The smallest absolute Gasteiger partial charge is 0.250 e. The van der Waals surface area contributed by atoms with Gasteiger partial charge in [0.1, 0.15) is 4.21 Å². The SMILES string of the molecule is CN=C(NCCNS(=O)(=O)c1cccs1)NCC(c1ccccc1)N1CCCC1.I. The molecule has 166 valence electrons. The Hall–Kier alpha value is -1.21. The lowest BCUT2D eigenvalue weighted by Gasteiger charge is -2.29. The van der Waals surface area contributed by atoms with Crippen molar-refractivity contribution in [3.8, 4) is 0 Å². The van der Waals surface area contributed by atoms with E-state index in [2.05, 4.69) is 49.5 Å². The predicted octanol–water partition coefficient (Wildman–Crippen LogP) is 2.65. The second-order valence-corrected chi connectivity index (χ2v) is 9.82. The molecule has 1 aliphatic rings. The maximum Gasteiger partial charge on any atom is 0.250 e. The molecule has 30 heavy (non-hydrogen) atoms. The minimum absolute atomic E-state index is 0. The molecule has 0 amide bonds. The molecule has 0 spiro atoms. The fraction of sp³-hybridized carbons (Fsp3) is 0.450. The Labute approximate surface area is 200 Å². The molecule has 1 fully saturated rings. The number of hydrogen-bond acceptors (Lipinski definition) is 5. The highest BCUT2D eigenvalue weighted by atomic mass is 127. The molecule has 1 saturated heterocycles. The molecular weight excluding hydrogens is 533 g/mol. The van der Waals surface area contributed by atoms with Crippen LogP contribution < -0.4 is 15.4 Å². The minimum Gasteiger partial charge on any atom is -0.355 e. The van der Waals surface area contributed by atoms with Crippen LogP contribution in [0.4, 0.5) is 0 Å². The van der Waals surface area contributed by atoms with Gasteiger partial charge in [0.05, 0.1) is 6.04 Å². The number of nitrogens with zero attached hydrogens (tertiary/aromatic N) is 2. The van der Waals surface area contributed by atoms with E-state index in [1.165, 1.54) is 29.7 Å². The average molecular weight is 564 g/mol. The standard InChI is InChI=1S/C20H29N5O2S2.HI/c1-21-20(22-11-12-24-29(26,27)19-10-7-15-28-19)23-16-18(25-13-5-6-14-25)17-8-3-2-4-9-17;/h2-4,7-10,15,18,24H,5-6,11-14,16H2,1H3,(H2,21,22,23);1H. The first-order chi connectivity index (χ1) is 14.1. The van der Waals surface area contributed by atoms with Crippen LogP contribution in [0.3, 0.4) is 0 Å². The van der Waals surface area contributed by atoms with Crippen molar-refractivity contribution in [1.82, 2.24) is 20.3 Å². The molecule has 10 heteroatoms. The molecule has 1 aromatic heterocycles. The lowest BCUT2D eigenvalue weighted by molar-refractivity contribution is 0.245. The fourth-order valence-electron chi connectivity index (χ4n) is 3.45. The zero-order valence-corrected chi connectivity index (χ0v) is 21.0. The largest absolute Gasteiger partial charge is 0.355 e. The number of thiophene rings is 1. The van der Waals surface area contributed by atoms with Crippen LogP contribution in [0.5, 0.6) is 0 Å². The fourth-order valence-corrected chi connectivity index (χ4v) is 5.52. The van der Waals surface area contributed by atoms with Crippen molar-refractivity contribution in [2.24, 2.45) is 4.99 Å². The highest BCUT2D eigenvalue weighted by molar-refractivity contribution is 14.0. The molecule has 1 aromatic carbocycles. The van der Waals surface area contributed by atoms with Crippen molar-refractivity contribution >= 4 is 51.3 Å². The number of nitrogens with one attached hydrogen (secondary N) is 3. The molecule has 1 atom stereocenters. The zero-order valence-electron chi connectivity index (χ0n) is 17.1. The molecule has 2 aromatic rings.